The minimum Gasteiger partial charge on any atom is -0.481 e. The molecule has 2 N–H and O–H groups in total. The lowest BCUT2D eigenvalue weighted by Gasteiger charge is -2.13. The molecule has 0 aromatic heterocycles. The summed E-state index contributed by atoms with van der Waals surface area (Å²) in [5.41, 5.74) is 0. The van der Waals surface area contributed by atoms with E-state index in [0.717, 1.165) is 6.08 Å². The zero-order valence-corrected chi connectivity index (χ0v) is 8.42. The molecule has 0 radical (unpaired) electrons. The SMILES string of the molecule is C=CC(=O)OC(CO)COC(=O)CC(=O)O. The Bertz CT molecular complexity index is 284. The van der Waals surface area contributed by atoms with Gasteiger partial charge in [0, 0.05) is 6.08 Å². The molecule has 0 saturated carbocycles. The number of carbonyl (C=O) groups excluding carboxylic acids is 2. The first-order chi connectivity index (χ1) is 7.49. The first-order valence-corrected chi connectivity index (χ1v) is 4.31. The number of rotatable bonds is 7. The van der Waals surface area contributed by atoms with E-state index < -0.39 is 43.6 Å². The van der Waals surface area contributed by atoms with Crippen molar-refractivity contribution in [2.45, 2.75) is 12.5 Å². The van der Waals surface area contributed by atoms with Crippen LogP contribution >= 0.6 is 0 Å². The standard InChI is InChI=1S/C9H12O7/c1-2-8(13)16-6(4-10)5-15-9(14)3-7(11)12/h2,6,10H,1,3-5H2,(H,11,12). The minimum absolute atomic E-state index is 0.401. The Balaban J connectivity index is 3.95. The monoisotopic (exact) mass is 232 g/mol. The summed E-state index contributed by atoms with van der Waals surface area (Å²) in [4.78, 5) is 31.6. The van der Waals surface area contributed by atoms with Crippen LogP contribution in [0.25, 0.3) is 0 Å². The van der Waals surface area contributed by atoms with Gasteiger partial charge in [0.05, 0.1) is 6.61 Å². The van der Waals surface area contributed by atoms with Gasteiger partial charge in [0.15, 0.2) is 6.10 Å². The number of carbonyl (C=O) groups is 3. The Labute approximate surface area is 91.3 Å². The molecule has 0 aromatic carbocycles. The summed E-state index contributed by atoms with van der Waals surface area (Å²) >= 11 is 0. The van der Waals surface area contributed by atoms with Gasteiger partial charge in [0.2, 0.25) is 0 Å². The van der Waals surface area contributed by atoms with Crippen molar-refractivity contribution in [3.8, 4) is 0 Å². The van der Waals surface area contributed by atoms with Gasteiger partial charge >= 0.3 is 17.9 Å². The van der Waals surface area contributed by atoms with E-state index >= 15 is 0 Å². The fourth-order valence-electron chi connectivity index (χ4n) is 0.697. The van der Waals surface area contributed by atoms with Crippen LogP contribution in [0.5, 0.6) is 0 Å². The summed E-state index contributed by atoms with van der Waals surface area (Å²) in [5, 5.41) is 17.0. The Kier molecular flexibility index (Phi) is 6.53. The van der Waals surface area contributed by atoms with Crippen molar-refractivity contribution in [1.82, 2.24) is 0 Å². The molecule has 0 amide bonds. The predicted molar refractivity (Wildman–Crippen MR) is 50.4 cm³/mol. The van der Waals surface area contributed by atoms with E-state index in [9.17, 15) is 14.4 Å². The Hall–Kier alpha value is -1.89. The first-order valence-electron chi connectivity index (χ1n) is 4.31. The second kappa shape index (κ2) is 7.41. The number of hydrogen-bond donors (Lipinski definition) is 2. The Morgan fingerprint density at radius 2 is 2.00 bits per heavy atom. The molecule has 0 aliphatic rings. The molecular formula is C9H12O7. The highest BCUT2D eigenvalue weighted by Crippen LogP contribution is 1.96. The van der Waals surface area contributed by atoms with E-state index in [-0.39, 0.29) is 0 Å². The van der Waals surface area contributed by atoms with Gasteiger partial charge in [-0.25, -0.2) is 4.79 Å². The van der Waals surface area contributed by atoms with E-state index in [2.05, 4.69) is 16.1 Å². The van der Waals surface area contributed by atoms with Crippen molar-refractivity contribution < 1.29 is 34.1 Å². The van der Waals surface area contributed by atoms with Gasteiger partial charge in [0.1, 0.15) is 13.0 Å². The minimum atomic E-state index is -1.33. The normalized spacial score (nSPS) is 11.3. The Morgan fingerprint density at radius 1 is 1.38 bits per heavy atom. The van der Waals surface area contributed by atoms with Crippen LogP contribution < -0.4 is 0 Å². The highest BCUT2D eigenvalue weighted by atomic mass is 16.6. The fraction of sp³-hybridized carbons (Fsp3) is 0.444. The summed E-state index contributed by atoms with van der Waals surface area (Å²) in [6.45, 7) is 2.20. The van der Waals surface area contributed by atoms with E-state index in [1.54, 1.807) is 0 Å². The summed E-state index contributed by atoms with van der Waals surface area (Å²) in [6, 6.07) is 0. The van der Waals surface area contributed by atoms with Crippen molar-refractivity contribution in [2.24, 2.45) is 0 Å². The quantitative estimate of drug-likeness (QED) is 0.332. The number of esters is 2. The van der Waals surface area contributed by atoms with Crippen molar-refractivity contribution in [3.05, 3.63) is 12.7 Å². The van der Waals surface area contributed by atoms with Gasteiger partial charge in [0.25, 0.3) is 0 Å². The molecule has 0 aromatic rings. The van der Waals surface area contributed by atoms with Gasteiger partial charge < -0.3 is 19.7 Å². The van der Waals surface area contributed by atoms with Crippen LogP contribution in [0.1, 0.15) is 6.42 Å². The molecule has 0 rings (SSSR count). The van der Waals surface area contributed by atoms with Gasteiger partial charge in [-0.3, -0.25) is 9.59 Å². The topological polar surface area (TPSA) is 110 Å². The summed E-state index contributed by atoms with van der Waals surface area (Å²) in [7, 11) is 0. The van der Waals surface area contributed by atoms with Crippen LogP contribution in [-0.4, -0.2) is 47.4 Å². The number of hydrogen-bond acceptors (Lipinski definition) is 6. The third-order valence-corrected chi connectivity index (χ3v) is 1.38. The molecule has 7 heteroatoms. The lowest BCUT2D eigenvalue weighted by atomic mass is 10.4. The van der Waals surface area contributed by atoms with Crippen LogP contribution in [0.15, 0.2) is 12.7 Å². The van der Waals surface area contributed by atoms with Crippen molar-refractivity contribution in [2.75, 3.05) is 13.2 Å². The molecule has 1 unspecified atom stereocenters. The number of carboxylic acids is 1. The zero-order valence-electron chi connectivity index (χ0n) is 8.42. The van der Waals surface area contributed by atoms with Crippen LogP contribution in [-0.2, 0) is 23.9 Å². The maximum absolute atomic E-state index is 10.8. The average molecular weight is 232 g/mol. The molecule has 0 aliphatic heterocycles. The van der Waals surface area contributed by atoms with Crippen LogP contribution in [0.3, 0.4) is 0 Å². The van der Waals surface area contributed by atoms with Crippen molar-refractivity contribution in [3.63, 3.8) is 0 Å². The number of carboxylic acid groups (broad SMARTS) is 1. The summed E-state index contributed by atoms with van der Waals surface area (Å²) < 4.78 is 9.03. The molecule has 16 heavy (non-hydrogen) atoms. The highest BCUT2D eigenvalue weighted by Gasteiger charge is 2.15. The maximum atomic E-state index is 10.8. The third kappa shape index (κ3) is 6.55. The molecule has 0 aliphatic carbocycles. The van der Waals surface area contributed by atoms with E-state index in [4.69, 9.17) is 10.2 Å². The van der Waals surface area contributed by atoms with E-state index in [0.29, 0.717) is 0 Å². The average Bonchev–Trinajstić information content (AvgIpc) is 2.22. The van der Waals surface area contributed by atoms with Crippen LogP contribution in [0.4, 0.5) is 0 Å². The Morgan fingerprint density at radius 3 is 2.44 bits per heavy atom. The lowest BCUT2D eigenvalue weighted by molar-refractivity contribution is -0.160. The molecule has 7 nitrogen and oxygen atoms in total. The molecular weight excluding hydrogens is 220 g/mol. The smallest absolute Gasteiger partial charge is 0.330 e. The maximum Gasteiger partial charge on any atom is 0.330 e. The van der Waals surface area contributed by atoms with Crippen LogP contribution in [0, 0.1) is 0 Å². The summed E-state index contributed by atoms with van der Waals surface area (Å²) in [6.07, 6.45) is -0.918. The number of aliphatic hydroxyl groups excluding tert-OH is 1. The van der Waals surface area contributed by atoms with E-state index in [1.807, 2.05) is 0 Å². The number of ether oxygens (including phenoxy) is 2. The second-order valence-corrected chi connectivity index (χ2v) is 2.70. The fourth-order valence-corrected chi connectivity index (χ4v) is 0.697. The molecule has 0 saturated heterocycles. The zero-order chi connectivity index (χ0) is 12.6. The number of aliphatic carboxylic acids is 1. The number of aliphatic hydroxyl groups is 1. The van der Waals surface area contributed by atoms with Gasteiger partial charge in [-0.2, -0.15) is 0 Å². The predicted octanol–water partition coefficient (Wildman–Crippen LogP) is -0.906. The molecule has 0 spiro atoms. The van der Waals surface area contributed by atoms with Crippen molar-refractivity contribution >= 4 is 17.9 Å². The molecule has 90 valence electrons. The van der Waals surface area contributed by atoms with E-state index in [1.165, 1.54) is 0 Å². The highest BCUT2D eigenvalue weighted by molar-refractivity contribution is 5.90. The van der Waals surface area contributed by atoms with Gasteiger partial charge in [-0.05, 0) is 0 Å². The summed E-state index contributed by atoms with van der Waals surface area (Å²) in [5.74, 6) is -3.07. The van der Waals surface area contributed by atoms with Crippen LogP contribution in [0.2, 0.25) is 0 Å². The molecule has 0 bridgehead atoms. The first kappa shape index (κ1) is 14.1. The lowest BCUT2D eigenvalue weighted by Crippen LogP contribution is -2.28. The molecule has 0 fully saturated rings. The van der Waals surface area contributed by atoms with Gasteiger partial charge in [-0.1, -0.05) is 6.58 Å². The largest absolute Gasteiger partial charge is 0.481 e. The molecule has 1 atom stereocenters. The molecule has 0 heterocycles. The van der Waals surface area contributed by atoms with Gasteiger partial charge in [-0.15, -0.1) is 0 Å². The third-order valence-electron chi connectivity index (χ3n) is 1.38. The second-order valence-electron chi connectivity index (χ2n) is 2.70. The van der Waals surface area contributed by atoms with Crippen molar-refractivity contribution in [1.29, 1.82) is 0 Å².